The van der Waals surface area contributed by atoms with Crippen LogP contribution in [0.1, 0.15) is 18.1 Å². The Labute approximate surface area is 205 Å². The molecule has 2 aromatic carbocycles. The second kappa shape index (κ2) is 15.0. The molecular weight excluding hydrogens is 472 g/mol. The quantitative estimate of drug-likeness (QED) is 0.220. The van der Waals surface area contributed by atoms with E-state index in [-0.39, 0.29) is 16.9 Å². The van der Waals surface area contributed by atoms with Gasteiger partial charge in [-0.05, 0) is 33.2 Å². The van der Waals surface area contributed by atoms with Gasteiger partial charge in [-0.3, -0.25) is 19.2 Å². The maximum atomic E-state index is 13.0. The zero-order valence-electron chi connectivity index (χ0n) is 19.2. The molecule has 0 bridgehead atoms. The highest BCUT2D eigenvalue weighted by atomic mass is 33.2. The normalized spacial score (nSPS) is 14.0. The van der Waals surface area contributed by atoms with E-state index in [0.717, 1.165) is 11.1 Å². The molecule has 8 nitrogen and oxygen atoms in total. The second-order valence-corrected chi connectivity index (χ2v) is 12.8. The van der Waals surface area contributed by atoms with Crippen LogP contribution in [0.25, 0.3) is 0 Å². The maximum Gasteiger partial charge on any atom is 0.287 e. The molecule has 4 N–H and O–H groups in total. The molecule has 184 valence electrons. The van der Waals surface area contributed by atoms with Crippen molar-refractivity contribution < 1.29 is 19.2 Å². The topological polar surface area (TPSA) is 116 Å². The van der Waals surface area contributed by atoms with Gasteiger partial charge in [0.15, 0.2) is 0 Å². The average Bonchev–Trinajstić information content (AvgIpc) is 2.87. The van der Waals surface area contributed by atoms with E-state index < -0.39 is 15.3 Å². The van der Waals surface area contributed by atoms with Gasteiger partial charge in [0, 0.05) is 24.6 Å². The number of nitrogens with one attached hydrogen (secondary N) is 4. The molecule has 34 heavy (non-hydrogen) atoms. The molecule has 0 aliphatic carbocycles. The Balaban J connectivity index is 1.93. The fourth-order valence-electron chi connectivity index (χ4n) is 3.15. The van der Waals surface area contributed by atoms with Gasteiger partial charge >= 0.3 is 0 Å². The van der Waals surface area contributed by atoms with Gasteiger partial charge in [0.25, 0.3) is 5.24 Å². The zero-order chi connectivity index (χ0) is 24.7. The third kappa shape index (κ3) is 8.75. The van der Waals surface area contributed by atoms with Crippen molar-refractivity contribution in [1.29, 1.82) is 0 Å². The molecule has 2 rings (SSSR count). The van der Waals surface area contributed by atoms with Crippen LogP contribution >= 0.6 is 20.0 Å². The highest BCUT2D eigenvalue weighted by molar-refractivity contribution is 8.99. The van der Waals surface area contributed by atoms with Crippen LogP contribution in [0.5, 0.6) is 0 Å². The third-order valence-corrected chi connectivity index (χ3v) is 11.0. The summed E-state index contributed by atoms with van der Waals surface area (Å²) in [4.78, 5) is 48.1. The predicted molar refractivity (Wildman–Crippen MR) is 139 cm³/mol. The van der Waals surface area contributed by atoms with Crippen LogP contribution in [0, 0.1) is 0 Å². The summed E-state index contributed by atoms with van der Waals surface area (Å²) in [6.45, 7) is 2.66. The number of carbonyl (C=O) groups excluding carboxylic acids is 4. The van der Waals surface area contributed by atoms with Crippen LogP contribution in [-0.2, 0) is 27.2 Å². The average molecular weight is 505 g/mol. The molecule has 2 atom stereocenters. The van der Waals surface area contributed by atoms with Crippen molar-refractivity contribution in [2.45, 2.75) is 25.8 Å². The standard InChI is InChI=1S/C24H32N4O4S2/c1-2-34(28-19-30,24(32)26-16-14-21-11-7-4-8-12-21)33-17-22(27-18-29)23(31)25-15-13-20-9-5-3-6-10-20/h3-12,18-19,22H,2,13-17H2,1H3,(H,25,31)(H,26,32)(H,27,29)(H,28,30). The molecule has 0 heterocycles. The van der Waals surface area contributed by atoms with Gasteiger partial charge in [-0.1, -0.05) is 78.4 Å². The summed E-state index contributed by atoms with van der Waals surface area (Å²) in [7, 11) is -1.11. The van der Waals surface area contributed by atoms with Gasteiger partial charge < -0.3 is 20.7 Å². The molecule has 0 saturated heterocycles. The first-order chi connectivity index (χ1) is 16.5. The lowest BCUT2D eigenvalue weighted by Gasteiger charge is -2.36. The van der Waals surface area contributed by atoms with Crippen LogP contribution in [0.4, 0.5) is 4.79 Å². The Bertz CT molecular complexity index is 918. The Morgan fingerprint density at radius 2 is 1.44 bits per heavy atom. The lowest BCUT2D eigenvalue weighted by Crippen LogP contribution is -2.46. The van der Waals surface area contributed by atoms with Crippen LogP contribution in [0.15, 0.2) is 60.7 Å². The van der Waals surface area contributed by atoms with Crippen molar-refractivity contribution in [2.24, 2.45) is 0 Å². The fourth-order valence-corrected chi connectivity index (χ4v) is 7.56. The van der Waals surface area contributed by atoms with E-state index >= 15 is 0 Å². The SMILES string of the molecule is CCS(NC=O)(SCC(NC=O)C(=O)NCCc1ccccc1)C(=O)NCCc1ccccc1. The monoisotopic (exact) mass is 504 g/mol. The fraction of sp³-hybridized carbons (Fsp3) is 0.333. The van der Waals surface area contributed by atoms with Gasteiger partial charge in [-0.2, -0.15) is 0 Å². The number of rotatable bonds is 15. The summed E-state index contributed by atoms with van der Waals surface area (Å²) >= 11 is 0. The maximum absolute atomic E-state index is 13.0. The van der Waals surface area contributed by atoms with Gasteiger partial charge in [-0.15, -0.1) is 0 Å². The molecule has 0 aliphatic heterocycles. The number of benzene rings is 2. The van der Waals surface area contributed by atoms with Crippen molar-refractivity contribution in [2.75, 3.05) is 24.6 Å². The zero-order valence-corrected chi connectivity index (χ0v) is 20.8. The first-order valence-corrected chi connectivity index (χ1v) is 14.3. The molecule has 0 spiro atoms. The second-order valence-electron chi connectivity index (χ2n) is 7.30. The lowest BCUT2D eigenvalue weighted by molar-refractivity contribution is -0.124. The van der Waals surface area contributed by atoms with Crippen molar-refractivity contribution in [3.05, 3.63) is 71.8 Å². The molecule has 0 saturated carbocycles. The first kappa shape index (κ1) is 27.3. The third-order valence-electron chi connectivity index (χ3n) is 5.05. The Morgan fingerprint density at radius 1 is 0.882 bits per heavy atom. The van der Waals surface area contributed by atoms with Gasteiger partial charge in [0.1, 0.15) is 6.04 Å². The van der Waals surface area contributed by atoms with E-state index in [4.69, 9.17) is 0 Å². The molecule has 0 radical (unpaired) electrons. The molecule has 0 aromatic heterocycles. The summed E-state index contributed by atoms with van der Waals surface area (Å²) in [6.07, 6.45) is 2.31. The Kier molecular flexibility index (Phi) is 12.0. The van der Waals surface area contributed by atoms with Crippen LogP contribution < -0.4 is 20.7 Å². The summed E-state index contributed by atoms with van der Waals surface area (Å²) in [5.74, 6) is 0.193. The lowest BCUT2D eigenvalue weighted by atomic mass is 10.1. The highest BCUT2D eigenvalue weighted by Crippen LogP contribution is 2.56. The first-order valence-electron chi connectivity index (χ1n) is 11.0. The minimum Gasteiger partial charge on any atom is -0.354 e. The molecule has 10 heteroatoms. The van der Waals surface area contributed by atoms with E-state index in [1.165, 1.54) is 10.8 Å². The van der Waals surface area contributed by atoms with E-state index in [0.29, 0.717) is 44.5 Å². The Morgan fingerprint density at radius 3 is 1.94 bits per heavy atom. The largest absolute Gasteiger partial charge is 0.354 e. The van der Waals surface area contributed by atoms with Crippen molar-refractivity contribution in [3.63, 3.8) is 0 Å². The van der Waals surface area contributed by atoms with Crippen molar-refractivity contribution in [1.82, 2.24) is 20.7 Å². The van der Waals surface area contributed by atoms with Crippen LogP contribution in [-0.4, -0.2) is 54.6 Å². The van der Waals surface area contributed by atoms with E-state index in [2.05, 4.69) is 20.7 Å². The summed E-state index contributed by atoms with van der Waals surface area (Å²) < 4.78 is 2.70. The summed E-state index contributed by atoms with van der Waals surface area (Å²) in [5.41, 5.74) is 2.19. The minimum atomic E-state index is -2.32. The minimum absolute atomic E-state index is 0.145. The molecule has 4 amide bonds. The van der Waals surface area contributed by atoms with E-state index in [1.54, 1.807) is 0 Å². The molecule has 2 aromatic rings. The highest BCUT2D eigenvalue weighted by Gasteiger charge is 2.33. The number of hydrogen-bond donors (Lipinski definition) is 4. The van der Waals surface area contributed by atoms with E-state index in [1.807, 2.05) is 67.6 Å². The van der Waals surface area contributed by atoms with E-state index in [9.17, 15) is 19.2 Å². The van der Waals surface area contributed by atoms with Crippen LogP contribution in [0.3, 0.4) is 0 Å². The molecular formula is C24H32N4O4S2. The smallest absolute Gasteiger partial charge is 0.287 e. The molecule has 0 fully saturated rings. The van der Waals surface area contributed by atoms with Gasteiger partial charge in [0.2, 0.25) is 18.7 Å². The van der Waals surface area contributed by atoms with Crippen LogP contribution in [0.2, 0.25) is 0 Å². The molecule has 0 aliphatic rings. The number of carbonyl (C=O) groups is 4. The summed E-state index contributed by atoms with van der Waals surface area (Å²) in [6, 6.07) is 18.7. The molecule has 2 unspecified atom stereocenters. The summed E-state index contributed by atoms with van der Waals surface area (Å²) in [5, 5.41) is 8.00. The predicted octanol–water partition coefficient (Wildman–Crippen LogP) is 2.55. The number of hydrogen-bond acceptors (Lipinski definition) is 5. The number of amides is 4. The van der Waals surface area contributed by atoms with Gasteiger partial charge in [-0.25, -0.2) is 0 Å². The Hall–Kier alpha value is -2.98. The van der Waals surface area contributed by atoms with Crippen molar-refractivity contribution in [3.8, 4) is 0 Å². The van der Waals surface area contributed by atoms with Gasteiger partial charge in [0.05, 0.1) is 0 Å². The van der Waals surface area contributed by atoms with Crippen molar-refractivity contribution >= 4 is 44.0 Å².